The fourth-order valence-electron chi connectivity index (χ4n) is 3.23. The van der Waals surface area contributed by atoms with Crippen LogP contribution < -0.4 is 5.32 Å². The molecule has 1 N–H and O–H groups in total. The highest BCUT2D eigenvalue weighted by atomic mass is 35.5. The summed E-state index contributed by atoms with van der Waals surface area (Å²) in [6.07, 6.45) is 5.80. The third kappa shape index (κ3) is 5.72. The van der Waals surface area contributed by atoms with E-state index in [0.29, 0.717) is 16.8 Å². The molecule has 1 aliphatic rings. The maximum Gasteiger partial charge on any atom is 0.239 e. The molecule has 2 amide bonds. The molecule has 1 aromatic rings. The molecule has 6 heteroatoms. The molecule has 1 aliphatic carbocycles. The van der Waals surface area contributed by atoms with Crippen molar-refractivity contribution in [2.75, 3.05) is 26.0 Å². The Balaban J connectivity index is 1.85. The van der Waals surface area contributed by atoms with Crippen LogP contribution in [0.1, 0.15) is 39.0 Å². The number of carbonyl (C=O) groups excluding carboxylic acids is 2. The topological polar surface area (TPSA) is 52.7 Å². The van der Waals surface area contributed by atoms with Crippen LogP contribution >= 0.6 is 11.6 Å². The summed E-state index contributed by atoms with van der Waals surface area (Å²) in [6, 6.07) is 6.97. The Morgan fingerprint density at radius 3 is 2.36 bits per heavy atom. The quantitative estimate of drug-likeness (QED) is 0.840. The van der Waals surface area contributed by atoms with E-state index >= 15 is 0 Å². The summed E-state index contributed by atoms with van der Waals surface area (Å²) in [6.45, 7) is 2.02. The molecule has 0 unspecified atom stereocenters. The molecule has 0 saturated heterocycles. The maximum absolute atomic E-state index is 12.7. The molecule has 0 radical (unpaired) electrons. The lowest BCUT2D eigenvalue weighted by molar-refractivity contribution is -0.137. The summed E-state index contributed by atoms with van der Waals surface area (Å²) in [5.74, 6) is -0.0708. The number of amides is 2. The first kappa shape index (κ1) is 19.7. The number of nitrogens with one attached hydrogen (secondary N) is 1. The standard InChI is InChI=1S/C19H28ClN3O2/c1-14(19(25)23(3)17-7-5-4-6-8-17)22(2)13-18(24)21-16-11-9-15(20)10-12-16/h9-12,14,17H,4-8,13H2,1-3H3,(H,21,24)/t14-/m0/s1. The number of halogens is 1. The summed E-state index contributed by atoms with van der Waals surface area (Å²) in [5, 5.41) is 3.45. The molecule has 2 rings (SSSR count). The minimum absolute atomic E-state index is 0.0775. The number of carbonyl (C=O) groups is 2. The average molecular weight is 366 g/mol. The van der Waals surface area contributed by atoms with Gasteiger partial charge in [-0.25, -0.2) is 0 Å². The van der Waals surface area contributed by atoms with Crippen molar-refractivity contribution in [2.45, 2.75) is 51.1 Å². The minimum Gasteiger partial charge on any atom is -0.341 e. The first-order chi connectivity index (χ1) is 11.9. The van der Waals surface area contributed by atoms with Gasteiger partial charge in [0.2, 0.25) is 11.8 Å². The number of rotatable bonds is 6. The first-order valence-corrected chi connectivity index (χ1v) is 9.28. The molecular weight excluding hydrogens is 338 g/mol. The van der Waals surface area contributed by atoms with Crippen LogP contribution in [-0.4, -0.2) is 54.3 Å². The number of likely N-dealkylation sites (N-methyl/N-ethyl adjacent to an activating group) is 2. The van der Waals surface area contributed by atoms with Gasteiger partial charge in [0.1, 0.15) is 0 Å². The summed E-state index contributed by atoms with van der Waals surface area (Å²) >= 11 is 5.84. The number of benzene rings is 1. The Morgan fingerprint density at radius 2 is 1.76 bits per heavy atom. The van der Waals surface area contributed by atoms with E-state index in [2.05, 4.69) is 5.32 Å². The van der Waals surface area contributed by atoms with Crippen LogP contribution in [0.3, 0.4) is 0 Å². The fraction of sp³-hybridized carbons (Fsp3) is 0.579. The van der Waals surface area contributed by atoms with Gasteiger partial charge in [0.25, 0.3) is 0 Å². The van der Waals surface area contributed by atoms with E-state index in [1.165, 1.54) is 19.3 Å². The van der Waals surface area contributed by atoms with E-state index in [1.54, 1.807) is 36.2 Å². The first-order valence-electron chi connectivity index (χ1n) is 8.91. The highest BCUT2D eigenvalue weighted by Crippen LogP contribution is 2.22. The van der Waals surface area contributed by atoms with Gasteiger partial charge in [-0.2, -0.15) is 0 Å². The third-order valence-corrected chi connectivity index (χ3v) is 5.26. The second-order valence-corrected chi connectivity index (χ2v) is 7.32. The number of hydrogen-bond acceptors (Lipinski definition) is 3. The average Bonchev–Trinajstić information content (AvgIpc) is 2.62. The fourth-order valence-corrected chi connectivity index (χ4v) is 3.35. The van der Waals surface area contributed by atoms with Crippen LogP contribution in [0.5, 0.6) is 0 Å². The van der Waals surface area contributed by atoms with Gasteiger partial charge in [0, 0.05) is 23.8 Å². The smallest absolute Gasteiger partial charge is 0.239 e. The molecule has 5 nitrogen and oxygen atoms in total. The summed E-state index contributed by atoms with van der Waals surface area (Å²) < 4.78 is 0. The Morgan fingerprint density at radius 1 is 1.16 bits per heavy atom. The van der Waals surface area contributed by atoms with Crippen LogP contribution in [0, 0.1) is 0 Å². The second-order valence-electron chi connectivity index (χ2n) is 6.89. The normalized spacial score (nSPS) is 16.5. The van der Waals surface area contributed by atoms with E-state index in [9.17, 15) is 9.59 Å². The van der Waals surface area contributed by atoms with Gasteiger partial charge < -0.3 is 10.2 Å². The van der Waals surface area contributed by atoms with E-state index in [0.717, 1.165) is 12.8 Å². The molecule has 0 aliphatic heterocycles. The maximum atomic E-state index is 12.7. The Bertz CT molecular complexity index is 585. The Hall–Kier alpha value is -1.59. The molecule has 0 spiro atoms. The van der Waals surface area contributed by atoms with Gasteiger partial charge in [-0.1, -0.05) is 30.9 Å². The molecule has 1 aromatic carbocycles. The second kappa shape index (κ2) is 9.20. The van der Waals surface area contributed by atoms with Crippen molar-refractivity contribution < 1.29 is 9.59 Å². The Labute approximate surface area is 155 Å². The minimum atomic E-state index is -0.331. The number of nitrogens with zero attached hydrogens (tertiary/aromatic N) is 2. The van der Waals surface area contributed by atoms with Crippen molar-refractivity contribution in [2.24, 2.45) is 0 Å². The zero-order chi connectivity index (χ0) is 18.4. The molecule has 138 valence electrons. The largest absolute Gasteiger partial charge is 0.341 e. The van der Waals surface area contributed by atoms with E-state index in [-0.39, 0.29) is 24.4 Å². The zero-order valence-electron chi connectivity index (χ0n) is 15.3. The van der Waals surface area contributed by atoms with Crippen molar-refractivity contribution >= 4 is 29.1 Å². The van der Waals surface area contributed by atoms with Crippen LogP contribution in [0.4, 0.5) is 5.69 Å². The lowest BCUT2D eigenvalue weighted by atomic mass is 9.94. The lowest BCUT2D eigenvalue weighted by Gasteiger charge is -2.35. The number of anilines is 1. The van der Waals surface area contributed by atoms with Crippen molar-refractivity contribution in [1.82, 2.24) is 9.80 Å². The van der Waals surface area contributed by atoms with E-state index < -0.39 is 0 Å². The van der Waals surface area contributed by atoms with Crippen LogP contribution in [0.15, 0.2) is 24.3 Å². The molecule has 1 fully saturated rings. The van der Waals surface area contributed by atoms with Gasteiger partial charge in [0.15, 0.2) is 0 Å². The molecule has 0 heterocycles. The summed E-state index contributed by atoms with van der Waals surface area (Å²) in [4.78, 5) is 28.6. The van der Waals surface area contributed by atoms with E-state index in [4.69, 9.17) is 11.6 Å². The van der Waals surface area contributed by atoms with Gasteiger partial charge >= 0.3 is 0 Å². The highest BCUT2D eigenvalue weighted by Gasteiger charge is 2.28. The Kier molecular flexibility index (Phi) is 7.26. The molecular formula is C19H28ClN3O2. The van der Waals surface area contributed by atoms with Gasteiger partial charge in [0.05, 0.1) is 12.6 Å². The van der Waals surface area contributed by atoms with Crippen LogP contribution in [0.25, 0.3) is 0 Å². The predicted molar refractivity (Wildman–Crippen MR) is 102 cm³/mol. The van der Waals surface area contributed by atoms with Crippen molar-refractivity contribution in [3.05, 3.63) is 29.3 Å². The zero-order valence-corrected chi connectivity index (χ0v) is 16.1. The monoisotopic (exact) mass is 365 g/mol. The predicted octanol–water partition coefficient (Wildman–Crippen LogP) is 3.39. The highest BCUT2D eigenvalue weighted by molar-refractivity contribution is 6.30. The van der Waals surface area contributed by atoms with Crippen LogP contribution in [-0.2, 0) is 9.59 Å². The molecule has 1 saturated carbocycles. The molecule has 0 bridgehead atoms. The summed E-state index contributed by atoms with van der Waals surface area (Å²) in [5.41, 5.74) is 0.695. The van der Waals surface area contributed by atoms with Crippen molar-refractivity contribution in [3.63, 3.8) is 0 Å². The summed E-state index contributed by atoms with van der Waals surface area (Å²) in [7, 11) is 3.69. The van der Waals surface area contributed by atoms with Gasteiger partial charge in [-0.05, 0) is 51.1 Å². The molecule has 0 aromatic heterocycles. The van der Waals surface area contributed by atoms with Gasteiger partial charge in [-0.15, -0.1) is 0 Å². The SMILES string of the molecule is C[C@@H](C(=O)N(C)C1CCCCC1)N(C)CC(=O)Nc1ccc(Cl)cc1. The van der Waals surface area contributed by atoms with Crippen molar-refractivity contribution in [3.8, 4) is 0 Å². The van der Waals surface area contributed by atoms with Gasteiger partial charge in [-0.3, -0.25) is 14.5 Å². The third-order valence-electron chi connectivity index (χ3n) is 5.01. The molecule has 1 atom stereocenters. The van der Waals surface area contributed by atoms with Crippen LogP contribution in [0.2, 0.25) is 5.02 Å². The van der Waals surface area contributed by atoms with Crippen molar-refractivity contribution in [1.29, 1.82) is 0 Å². The number of hydrogen-bond donors (Lipinski definition) is 1. The lowest BCUT2D eigenvalue weighted by Crippen LogP contribution is -2.49. The molecule has 25 heavy (non-hydrogen) atoms. The van der Waals surface area contributed by atoms with E-state index in [1.807, 2.05) is 18.9 Å².